The van der Waals surface area contributed by atoms with Crippen LogP contribution in [0.5, 0.6) is 0 Å². The topological polar surface area (TPSA) is 71.8 Å². The van der Waals surface area contributed by atoms with Crippen molar-refractivity contribution in [2.75, 3.05) is 18.4 Å². The van der Waals surface area contributed by atoms with Gasteiger partial charge in [0.15, 0.2) is 0 Å². The Morgan fingerprint density at radius 2 is 1.91 bits per heavy atom. The minimum absolute atomic E-state index is 0.0121. The summed E-state index contributed by atoms with van der Waals surface area (Å²) < 4.78 is 1.75. The summed E-state index contributed by atoms with van der Waals surface area (Å²) in [4.78, 5) is 21.1. The van der Waals surface area contributed by atoms with E-state index < -0.39 is 0 Å². The highest BCUT2D eigenvalue weighted by atomic mass is 16.1. The molecule has 6 nitrogen and oxygen atoms in total. The molecule has 0 radical (unpaired) electrons. The lowest BCUT2D eigenvalue weighted by Gasteiger charge is -2.35. The van der Waals surface area contributed by atoms with E-state index in [1.807, 2.05) is 12.1 Å². The molecule has 2 aromatic rings. The van der Waals surface area contributed by atoms with Crippen LogP contribution in [-0.4, -0.2) is 33.7 Å². The number of piperidine rings is 1. The van der Waals surface area contributed by atoms with Crippen LogP contribution in [0.1, 0.15) is 19.3 Å². The van der Waals surface area contributed by atoms with E-state index in [1.54, 1.807) is 23.0 Å². The van der Waals surface area contributed by atoms with Crippen LogP contribution in [-0.2, 0) is 6.54 Å². The molecule has 0 aromatic carbocycles. The Morgan fingerprint density at radius 1 is 1.13 bits per heavy atom. The number of hydrogen-bond donors (Lipinski definition) is 2. The number of aromatic nitrogens is 3. The molecule has 1 fully saturated rings. The third-order valence-corrected chi connectivity index (χ3v) is 4.92. The lowest BCUT2D eigenvalue weighted by Crippen LogP contribution is -2.43. The van der Waals surface area contributed by atoms with Crippen LogP contribution in [0.2, 0.25) is 0 Å². The zero-order valence-electron chi connectivity index (χ0n) is 13.0. The van der Waals surface area contributed by atoms with Crippen molar-refractivity contribution in [3.8, 4) is 11.3 Å². The van der Waals surface area contributed by atoms with Gasteiger partial charge in [0.05, 0.1) is 5.69 Å². The monoisotopic (exact) mass is 311 g/mol. The minimum Gasteiger partial charge on any atom is -0.352 e. The summed E-state index contributed by atoms with van der Waals surface area (Å²) >= 11 is 0. The van der Waals surface area contributed by atoms with E-state index >= 15 is 0 Å². The molecule has 0 bridgehead atoms. The van der Waals surface area contributed by atoms with E-state index in [4.69, 9.17) is 4.98 Å². The van der Waals surface area contributed by atoms with Crippen LogP contribution in [0.15, 0.2) is 35.4 Å². The first-order valence-electron chi connectivity index (χ1n) is 8.31. The van der Waals surface area contributed by atoms with Gasteiger partial charge in [0.2, 0.25) is 5.95 Å². The van der Waals surface area contributed by atoms with Gasteiger partial charge >= 0.3 is 0 Å². The van der Waals surface area contributed by atoms with E-state index in [0.717, 1.165) is 31.6 Å². The molecule has 4 heterocycles. The lowest BCUT2D eigenvalue weighted by atomic mass is 9.88. The molecule has 120 valence electrons. The van der Waals surface area contributed by atoms with Gasteiger partial charge in [-0.2, -0.15) is 0 Å². The number of rotatable bonds is 2. The Balaban J connectivity index is 1.64. The summed E-state index contributed by atoms with van der Waals surface area (Å²) in [6.45, 7) is 2.92. The second-order valence-corrected chi connectivity index (χ2v) is 6.32. The molecule has 0 aliphatic carbocycles. The summed E-state index contributed by atoms with van der Waals surface area (Å²) in [7, 11) is 0. The Bertz CT molecular complexity index is 736. The quantitative estimate of drug-likeness (QED) is 0.879. The van der Waals surface area contributed by atoms with Gasteiger partial charge in [0.25, 0.3) is 5.56 Å². The van der Waals surface area contributed by atoms with Crippen molar-refractivity contribution in [1.29, 1.82) is 0 Å². The summed E-state index contributed by atoms with van der Waals surface area (Å²) in [5.41, 5.74) is 1.64. The SMILES string of the molecule is O=c1cc(-c2ccncc2)nc2n1CCC(C1CCNCC1)N2. The predicted molar refractivity (Wildman–Crippen MR) is 89.3 cm³/mol. The average molecular weight is 311 g/mol. The van der Waals surface area contributed by atoms with Crippen molar-refractivity contribution in [2.45, 2.75) is 31.8 Å². The molecule has 0 amide bonds. The second-order valence-electron chi connectivity index (χ2n) is 6.32. The molecule has 2 N–H and O–H groups in total. The number of fused-ring (bicyclic) bond motifs is 1. The molecular formula is C17H21N5O. The summed E-state index contributed by atoms with van der Waals surface area (Å²) in [6, 6.07) is 5.79. The van der Waals surface area contributed by atoms with E-state index in [1.165, 1.54) is 12.8 Å². The van der Waals surface area contributed by atoms with E-state index in [-0.39, 0.29) is 5.56 Å². The van der Waals surface area contributed by atoms with Gasteiger partial charge in [-0.15, -0.1) is 0 Å². The molecule has 6 heteroatoms. The molecule has 23 heavy (non-hydrogen) atoms. The number of nitrogens with one attached hydrogen (secondary N) is 2. The average Bonchev–Trinajstić information content (AvgIpc) is 2.63. The zero-order valence-corrected chi connectivity index (χ0v) is 13.0. The third-order valence-electron chi connectivity index (χ3n) is 4.92. The number of anilines is 1. The van der Waals surface area contributed by atoms with Crippen molar-refractivity contribution < 1.29 is 0 Å². The molecule has 2 aliphatic rings. The Hall–Kier alpha value is -2.21. The lowest BCUT2D eigenvalue weighted by molar-refractivity contribution is 0.302. The van der Waals surface area contributed by atoms with Gasteiger partial charge in [-0.25, -0.2) is 4.98 Å². The zero-order chi connectivity index (χ0) is 15.6. The van der Waals surface area contributed by atoms with Crippen LogP contribution < -0.4 is 16.2 Å². The van der Waals surface area contributed by atoms with Crippen LogP contribution in [0.3, 0.4) is 0 Å². The molecule has 0 spiro atoms. The Morgan fingerprint density at radius 3 is 2.70 bits per heavy atom. The van der Waals surface area contributed by atoms with Gasteiger partial charge in [0.1, 0.15) is 0 Å². The molecule has 2 aromatic heterocycles. The van der Waals surface area contributed by atoms with E-state index in [2.05, 4.69) is 15.6 Å². The Labute approximate surface area is 135 Å². The van der Waals surface area contributed by atoms with Gasteiger partial charge < -0.3 is 10.6 Å². The highest BCUT2D eigenvalue weighted by molar-refractivity contribution is 5.59. The maximum Gasteiger partial charge on any atom is 0.255 e. The predicted octanol–water partition coefficient (Wildman–Crippen LogP) is 1.49. The summed E-state index contributed by atoms with van der Waals surface area (Å²) in [5.74, 6) is 1.37. The molecule has 0 saturated carbocycles. The van der Waals surface area contributed by atoms with Crippen molar-refractivity contribution in [3.63, 3.8) is 0 Å². The molecule has 1 unspecified atom stereocenters. The van der Waals surface area contributed by atoms with Crippen LogP contribution in [0.4, 0.5) is 5.95 Å². The van der Waals surface area contributed by atoms with Gasteiger partial charge in [-0.05, 0) is 50.4 Å². The second kappa shape index (κ2) is 6.12. The van der Waals surface area contributed by atoms with Gasteiger partial charge in [-0.1, -0.05) is 0 Å². The first-order chi connectivity index (χ1) is 11.3. The summed E-state index contributed by atoms with van der Waals surface area (Å²) in [6.07, 6.45) is 6.81. The van der Waals surface area contributed by atoms with E-state index in [9.17, 15) is 4.79 Å². The van der Waals surface area contributed by atoms with Crippen molar-refractivity contribution in [2.24, 2.45) is 5.92 Å². The van der Waals surface area contributed by atoms with Crippen LogP contribution in [0.25, 0.3) is 11.3 Å². The maximum absolute atomic E-state index is 12.4. The molecule has 1 atom stereocenters. The fraction of sp³-hybridized carbons (Fsp3) is 0.471. The molecular weight excluding hydrogens is 290 g/mol. The van der Waals surface area contributed by atoms with Crippen LogP contribution in [0, 0.1) is 5.92 Å². The first-order valence-corrected chi connectivity index (χ1v) is 8.31. The van der Waals surface area contributed by atoms with Crippen molar-refractivity contribution in [1.82, 2.24) is 19.9 Å². The number of pyridine rings is 1. The first kappa shape index (κ1) is 14.4. The fourth-order valence-corrected chi connectivity index (χ4v) is 3.61. The minimum atomic E-state index is 0.0121. The molecule has 2 aliphatic heterocycles. The normalized spacial score (nSPS) is 21.5. The maximum atomic E-state index is 12.4. The van der Waals surface area contributed by atoms with Gasteiger partial charge in [-0.3, -0.25) is 14.3 Å². The molecule has 4 rings (SSSR count). The smallest absolute Gasteiger partial charge is 0.255 e. The number of hydrogen-bond acceptors (Lipinski definition) is 5. The van der Waals surface area contributed by atoms with E-state index in [0.29, 0.717) is 23.6 Å². The number of nitrogens with zero attached hydrogens (tertiary/aromatic N) is 3. The largest absolute Gasteiger partial charge is 0.352 e. The third kappa shape index (κ3) is 2.86. The highest BCUT2D eigenvalue weighted by Crippen LogP contribution is 2.26. The standard InChI is InChI=1S/C17H21N5O/c23-16-11-15(13-3-8-19-9-4-13)21-17-20-14(5-10-22(16)17)12-1-6-18-7-2-12/h3-4,8-9,11-12,14,18H,1-2,5-7,10H2,(H,20,21). The van der Waals surface area contributed by atoms with Crippen molar-refractivity contribution >= 4 is 5.95 Å². The van der Waals surface area contributed by atoms with Crippen molar-refractivity contribution in [3.05, 3.63) is 40.9 Å². The highest BCUT2D eigenvalue weighted by Gasteiger charge is 2.28. The Kier molecular flexibility index (Phi) is 3.83. The fourth-order valence-electron chi connectivity index (χ4n) is 3.61. The summed E-state index contributed by atoms with van der Waals surface area (Å²) in [5, 5.41) is 6.93. The van der Waals surface area contributed by atoms with Crippen LogP contribution >= 0.6 is 0 Å². The molecule has 1 saturated heterocycles. The van der Waals surface area contributed by atoms with Gasteiger partial charge in [0, 0.05) is 36.6 Å².